The summed E-state index contributed by atoms with van der Waals surface area (Å²) in [5.74, 6) is 0. The van der Waals surface area contributed by atoms with Crippen molar-refractivity contribution in [3.63, 3.8) is 0 Å². The first kappa shape index (κ1) is 12.4. The minimum Gasteiger partial charge on any atom is -0.312 e. The molecule has 19 heavy (non-hydrogen) atoms. The highest BCUT2D eigenvalue weighted by Crippen LogP contribution is 2.26. The Morgan fingerprint density at radius 2 is 2.11 bits per heavy atom. The molecule has 1 amide bonds. The number of carbonyl (C=O) groups excluding carboxylic acids is 1. The largest absolute Gasteiger partial charge is 0.312 e. The maximum Gasteiger partial charge on any atom is 0.305 e. The van der Waals surface area contributed by atoms with E-state index < -0.39 is 0 Å². The lowest BCUT2D eigenvalue weighted by Gasteiger charge is -2.18. The van der Waals surface area contributed by atoms with Crippen molar-refractivity contribution in [2.75, 3.05) is 0 Å². The molecule has 1 aliphatic rings. The van der Waals surface area contributed by atoms with Gasteiger partial charge < -0.3 is 4.98 Å². The van der Waals surface area contributed by atoms with Gasteiger partial charge in [0.2, 0.25) is 0 Å². The van der Waals surface area contributed by atoms with Crippen LogP contribution < -0.4 is 10.3 Å². The zero-order valence-corrected chi connectivity index (χ0v) is 11.9. The van der Waals surface area contributed by atoms with Crippen LogP contribution in [0.1, 0.15) is 18.1 Å². The van der Waals surface area contributed by atoms with Crippen LogP contribution in [0.15, 0.2) is 22.0 Å². The molecule has 0 radical (unpaired) electrons. The second kappa shape index (κ2) is 4.50. The topological polar surface area (TPSA) is 74.3 Å². The molecule has 1 aliphatic heterocycles. The predicted octanol–water partition coefficient (Wildman–Crippen LogP) is 2.45. The summed E-state index contributed by atoms with van der Waals surface area (Å²) < 4.78 is 0.914. The summed E-state index contributed by atoms with van der Waals surface area (Å²) in [7, 11) is 0. The lowest BCUT2D eigenvalue weighted by Crippen LogP contribution is -2.29. The van der Waals surface area contributed by atoms with Crippen molar-refractivity contribution in [1.82, 2.24) is 10.4 Å². The Hall–Kier alpha value is -1.60. The molecule has 1 aromatic heterocycles. The molecule has 7 heteroatoms. The second-order valence-corrected chi connectivity index (χ2v) is 6.67. The third-order valence-electron chi connectivity index (χ3n) is 2.96. The molecule has 1 atom stereocenters. The van der Waals surface area contributed by atoms with E-state index in [0.29, 0.717) is 0 Å². The van der Waals surface area contributed by atoms with Gasteiger partial charge in [-0.3, -0.25) is 9.59 Å². The molecule has 0 aliphatic carbocycles. The van der Waals surface area contributed by atoms with Gasteiger partial charge in [-0.1, -0.05) is 23.1 Å². The minimum absolute atomic E-state index is 0.00117. The lowest BCUT2D eigenvalue weighted by atomic mass is 10.0. The SMILES string of the molecule is Cc1cc(C2=NNC(=O)SC2C)cc2sc(=O)[nH]c12. The van der Waals surface area contributed by atoms with Crippen LogP contribution in [0.3, 0.4) is 0 Å². The van der Waals surface area contributed by atoms with Crippen molar-refractivity contribution in [2.24, 2.45) is 5.10 Å². The van der Waals surface area contributed by atoms with Gasteiger partial charge >= 0.3 is 4.87 Å². The first-order valence-corrected chi connectivity index (χ1v) is 7.42. The van der Waals surface area contributed by atoms with Crippen LogP contribution in [-0.2, 0) is 0 Å². The van der Waals surface area contributed by atoms with Gasteiger partial charge in [-0.05, 0) is 31.5 Å². The van der Waals surface area contributed by atoms with Crippen LogP contribution >= 0.6 is 23.1 Å². The first-order chi connectivity index (χ1) is 9.04. The molecule has 98 valence electrons. The standard InChI is InChI=1S/C12H11N3O2S2/c1-5-3-7(4-8-9(5)13-11(16)19-8)10-6(2)18-12(17)15-14-10/h3-4,6H,1-2H3,(H,13,16)(H,15,17). The Bertz CT molecular complexity index is 760. The van der Waals surface area contributed by atoms with Gasteiger partial charge in [0.1, 0.15) is 0 Å². The molecule has 0 fully saturated rings. The molecule has 1 aromatic carbocycles. The summed E-state index contributed by atoms with van der Waals surface area (Å²) in [6.07, 6.45) is 0. The Morgan fingerprint density at radius 1 is 1.32 bits per heavy atom. The zero-order chi connectivity index (χ0) is 13.6. The third kappa shape index (κ3) is 2.19. The van der Waals surface area contributed by atoms with Crippen LogP contribution in [0, 0.1) is 6.92 Å². The van der Waals surface area contributed by atoms with Crippen LogP contribution in [0.4, 0.5) is 4.79 Å². The summed E-state index contributed by atoms with van der Waals surface area (Å²) >= 11 is 2.40. The summed E-state index contributed by atoms with van der Waals surface area (Å²) in [6.45, 7) is 3.90. The molecule has 0 saturated heterocycles. The average Bonchev–Trinajstić information content (AvgIpc) is 2.70. The third-order valence-corrected chi connectivity index (χ3v) is 4.67. The Kier molecular flexibility index (Phi) is 2.94. The van der Waals surface area contributed by atoms with E-state index in [1.807, 2.05) is 26.0 Å². The molecule has 0 bridgehead atoms. The van der Waals surface area contributed by atoms with Gasteiger partial charge in [-0.2, -0.15) is 5.10 Å². The highest BCUT2D eigenvalue weighted by atomic mass is 32.2. The van der Waals surface area contributed by atoms with E-state index in [4.69, 9.17) is 0 Å². The molecular weight excluding hydrogens is 282 g/mol. The molecule has 5 nitrogen and oxygen atoms in total. The summed E-state index contributed by atoms with van der Waals surface area (Å²) in [4.78, 5) is 25.4. The number of hydrogen-bond acceptors (Lipinski definition) is 5. The number of fused-ring (bicyclic) bond motifs is 1. The molecular formula is C12H11N3O2S2. The van der Waals surface area contributed by atoms with Gasteiger partial charge in [0.25, 0.3) is 5.24 Å². The Morgan fingerprint density at radius 3 is 2.84 bits per heavy atom. The van der Waals surface area contributed by atoms with Crippen molar-refractivity contribution in [3.8, 4) is 0 Å². The predicted molar refractivity (Wildman–Crippen MR) is 79.3 cm³/mol. The monoisotopic (exact) mass is 293 g/mol. The van der Waals surface area contributed by atoms with Crippen LogP contribution in [0.25, 0.3) is 10.2 Å². The van der Waals surface area contributed by atoms with Crippen molar-refractivity contribution in [2.45, 2.75) is 19.1 Å². The highest BCUT2D eigenvalue weighted by molar-refractivity contribution is 8.14. The molecule has 3 rings (SSSR count). The van der Waals surface area contributed by atoms with Crippen LogP contribution in [0.2, 0.25) is 0 Å². The summed E-state index contributed by atoms with van der Waals surface area (Å²) in [5.41, 5.74) is 6.13. The molecule has 0 spiro atoms. The number of aryl methyl sites for hydroxylation is 1. The number of aromatic amines is 1. The number of hydrazone groups is 1. The van der Waals surface area contributed by atoms with Gasteiger partial charge in [-0.25, -0.2) is 5.43 Å². The first-order valence-electron chi connectivity index (χ1n) is 5.72. The van der Waals surface area contributed by atoms with Gasteiger partial charge in [0, 0.05) is 5.56 Å². The van der Waals surface area contributed by atoms with E-state index >= 15 is 0 Å². The average molecular weight is 293 g/mol. The number of aromatic nitrogens is 1. The number of benzene rings is 1. The Balaban J connectivity index is 2.15. The van der Waals surface area contributed by atoms with E-state index in [1.165, 1.54) is 23.1 Å². The van der Waals surface area contributed by atoms with Crippen molar-refractivity contribution in [3.05, 3.63) is 32.9 Å². The van der Waals surface area contributed by atoms with E-state index in [9.17, 15) is 9.59 Å². The Labute approximate surface area is 117 Å². The summed E-state index contributed by atoms with van der Waals surface area (Å²) in [6, 6.07) is 3.93. The van der Waals surface area contributed by atoms with Crippen LogP contribution in [0.5, 0.6) is 0 Å². The maximum atomic E-state index is 11.4. The van der Waals surface area contributed by atoms with Crippen LogP contribution in [-0.4, -0.2) is 21.2 Å². The number of amides is 1. The normalized spacial score (nSPS) is 19.4. The van der Waals surface area contributed by atoms with Gasteiger partial charge in [0.05, 0.1) is 21.2 Å². The fourth-order valence-corrected chi connectivity index (χ4v) is 3.68. The lowest BCUT2D eigenvalue weighted by molar-refractivity contribution is 0.261. The van der Waals surface area contributed by atoms with Crippen molar-refractivity contribution >= 4 is 44.3 Å². The number of H-pyrrole nitrogens is 1. The molecule has 2 aromatic rings. The fourth-order valence-electron chi connectivity index (χ4n) is 2.11. The quantitative estimate of drug-likeness (QED) is 0.848. The highest BCUT2D eigenvalue weighted by Gasteiger charge is 2.23. The molecule has 2 heterocycles. The number of hydrogen-bond donors (Lipinski definition) is 2. The van der Waals surface area contributed by atoms with E-state index in [2.05, 4.69) is 15.5 Å². The number of thioether (sulfide) groups is 1. The molecule has 2 N–H and O–H groups in total. The second-order valence-electron chi connectivity index (χ2n) is 4.34. The minimum atomic E-state index is -0.139. The summed E-state index contributed by atoms with van der Waals surface area (Å²) in [5, 5.41) is 3.99. The number of carbonyl (C=O) groups is 1. The van der Waals surface area contributed by atoms with E-state index in [-0.39, 0.29) is 15.4 Å². The van der Waals surface area contributed by atoms with Gasteiger partial charge in [0.15, 0.2) is 0 Å². The fraction of sp³-hybridized carbons (Fsp3) is 0.250. The number of thiazole rings is 1. The van der Waals surface area contributed by atoms with Gasteiger partial charge in [-0.15, -0.1) is 0 Å². The molecule has 1 unspecified atom stereocenters. The zero-order valence-electron chi connectivity index (χ0n) is 10.3. The van der Waals surface area contributed by atoms with E-state index in [0.717, 1.165) is 27.1 Å². The van der Waals surface area contributed by atoms with E-state index in [1.54, 1.807) is 0 Å². The number of nitrogens with zero attached hydrogens (tertiary/aromatic N) is 1. The maximum absolute atomic E-state index is 11.4. The number of rotatable bonds is 1. The number of nitrogens with one attached hydrogen (secondary N) is 2. The molecule has 0 saturated carbocycles. The smallest absolute Gasteiger partial charge is 0.305 e. The van der Waals surface area contributed by atoms with Crippen molar-refractivity contribution < 1.29 is 4.79 Å². The van der Waals surface area contributed by atoms with Crippen molar-refractivity contribution in [1.29, 1.82) is 0 Å².